The van der Waals surface area contributed by atoms with Gasteiger partial charge in [0.05, 0.1) is 10.7 Å². The average Bonchev–Trinajstić information content (AvgIpc) is 2.13. The Labute approximate surface area is 98.9 Å². The lowest BCUT2D eigenvalue weighted by molar-refractivity contribution is -0.114. The van der Waals surface area contributed by atoms with Gasteiger partial charge in [0.1, 0.15) is 11.5 Å². The van der Waals surface area contributed by atoms with Crippen LogP contribution in [0.25, 0.3) is 0 Å². The van der Waals surface area contributed by atoms with Gasteiger partial charge in [0, 0.05) is 12.5 Å². The highest BCUT2D eigenvalue weighted by Gasteiger charge is 2.19. The molecule has 3 N–H and O–H groups in total. The van der Waals surface area contributed by atoms with E-state index < -0.39 is 0 Å². The van der Waals surface area contributed by atoms with Gasteiger partial charge in [-0.25, -0.2) is 0 Å². The molecule has 0 atom stereocenters. The third kappa shape index (κ3) is 2.39. The summed E-state index contributed by atoms with van der Waals surface area (Å²) < 4.78 is 0. The number of rotatable bonds is 2. The second-order valence-electron chi connectivity index (χ2n) is 3.85. The van der Waals surface area contributed by atoms with Crippen LogP contribution < -0.4 is 5.32 Å². The van der Waals surface area contributed by atoms with Gasteiger partial charge in [0.15, 0.2) is 0 Å². The number of aromatic hydroxyl groups is 2. The maximum absolute atomic E-state index is 10.9. The van der Waals surface area contributed by atoms with Crippen molar-refractivity contribution in [2.75, 3.05) is 5.32 Å². The monoisotopic (exact) mass is 243 g/mol. The van der Waals surface area contributed by atoms with Crippen LogP contribution in [0.4, 0.5) is 5.69 Å². The van der Waals surface area contributed by atoms with E-state index in [0.29, 0.717) is 5.56 Å². The number of hydrogen-bond donors (Lipinski definition) is 3. The lowest BCUT2D eigenvalue weighted by Crippen LogP contribution is -2.07. The summed E-state index contributed by atoms with van der Waals surface area (Å²) in [6, 6.07) is 1.32. The van der Waals surface area contributed by atoms with E-state index >= 15 is 0 Å². The summed E-state index contributed by atoms with van der Waals surface area (Å²) in [5, 5.41) is 22.1. The predicted octanol–water partition coefficient (Wildman–Crippen LogP) is 2.83. The Hall–Kier alpha value is -1.42. The summed E-state index contributed by atoms with van der Waals surface area (Å²) >= 11 is 5.81. The Morgan fingerprint density at radius 1 is 1.38 bits per heavy atom. The quantitative estimate of drug-likeness (QED) is 0.553. The standard InChI is InChI=1S/C11H14ClNO3/c1-5(2)9-10(15)7(12)4-8(11(9)16)13-6(3)14/h4-5,15-16H,1-3H3,(H,13,14). The van der Waals surface area contributed by atoms with Crippen LogP contribution in [0.1, 0.15) is 32.3 Å². The normalized spacial score (nSPS) is 10.6. The molecule has 0 aliphatic heterocycles. The molecule has 16 heavy (non-hydrogen) atoms. The van der Waals surface area contributed by atoms with Gasteiger partial charge in [-0.15, -0.1) is 0 Å². The fourth-order valence-corrected chi connectivity index (χ4v) is 1.69. The highest BCUT2D eigenvalue weighted by Crippen LogP contribution is 2.43. The molecule has 0 aromatic heterocycles. The molecule has 0 saturated heterocycles. The highest BCUT2D eigenvalue weighted by atomic mass is 35.5. The Balaban J connectivity index is 3.38. The average molecular weight is 244 g/mol. The van der Waals surface area contributed by atoms with E-state index in [0.717, 1.165) is 0 Å². The SMILES string of the molecule is CC(=O)Nc1cc(Cl)c(O)c(C(C)C)c1O. The van der Waals surface area contributed by atoms with Crippen molar-refractivity contribution < 1.29 is 15.0 Å². The summed E-state index contributed by atoms with van der Waals surface area (Å²) in [6.45, 7) is 4.94. The predicted molar refractivity (Wildman–Crippen MR) is 63.2 cm³/mol. The molecule has 0 radical (unpaired) electrons. The molecule has 1 aromatic carbocycles. The summed E-state index contributed by atoms with van der Waals surface area (Å²) in [5.74, 6) is -0.715. The van der Waals surface area contributed by atoms with E-state index in [1.807, 2.05) is 13.8 Å². The smallest absolute Gasteiger partial charge is 0.221 e. The summed E-state index contributed by atoms with van der Waals surface area (Å²) in [7, 11) is 0. The number of carbonyl (C=O) groups is 1. The lowest BCUT2D eigenvalue weighted by atomic mass is 10.00. The van der Waals surface area contributed by atoms with Crippen molar-refractivity contribution in [1.29, 1.82) is 0 Å². The van der Waals surface area contributed by atoms with Gasteiger partial charge in [-0.2, -0.15) is 0 Å². The third-order valence-electron chi connectivity index (χ3n) is 2.15. The van der Waals surface area contributed by atoms with E-state index in [-0.39, 0.29) is 34.0 Å². The Morgan fingerprint density at radius 3 is 2.38 bits per heavy atom. The number of nitrogens with one attached hydrogen (secondary N) is 1. The number of benzene rings is 1. The van der Waals surface area contributed by atoms with E-state index in [9.17, 15) is 15.0 Å². The minimum atomic E-state index is -0.313. The van der Waals surface area contributed by atoms with Crippen LogP contribution in [-0.4, -0.2) is 16.1 Å². The summed E-state index contributed by atoms with van der Waals surface area (Å²) in [6.07, 6.45) is 0. The molecule has 1 amide bonds. The van der Waals surface area contributed by atoms with Crippen LogP contribution in [0.5, 0.6) is 11.5 Å². The number of amides is 1. The Kier molecular flexibility index (Phi) is 3.65. The van der Waals surface area contributed by atoms with Crippen LogP contribution in [0.3, 0.4) is 0 Å². The van der Waals surface area contributed by atoms with Gasteiger partial charge in [-0.3, -0.25) is 4.79 Å². The first-order chi connectivity index (χ1) is 7.34. The van der Waals surface area contributed by atoms with Crippen LogP contribution in [0.15, 0.2) is 6.07 Å². The van der Waals surface area contributed by atoms with Gasteiger partial charge in [-0.05, 0) is 12.0 Å². The molecule has 0 unspecified atom stereocenters. The molecule has 1 rings (SSSR count). The van der Waals surface area contributed by atoms with Gasteiger partial charge in [0.2, 0.25) is 5.91 Å². The summed E-state index contributed by atoms with van der Waals surface area (Å²) in [4.78, 5) is 10.9. The fraction of sp³-hybridized carbons (Fsp3) is 0.364. The number of phenols is 2. The lowest BCUT2D eigenvalue weighted by Gasteiger charge is -2.15. The second-order valence-corrected chi connectivity index (χ2v) is 4.26. The molecule has 0 saturated carbocycles. The maximum atomic E-state index is 10.9. The second kappa shape index (κ2) is 4.61. The van der Waals surface area contributed by atoms with Crippen molar-refractivity contribution in [3.05, 3.63) is 16.7 Å². The number of anilines is 1. The highest BCUT2D eigenvalue weighted by molar-refractivity contribution is 6.32. The van der Waals surface area contributed by atoms with Gasteiger partial charge in [0.25, 0.3) is 0 Å². The first-order valence-corrected chi connectivity index (χ1v) is 5.24. The largest absolute Gasteiger partial charge is 0.506 e. The number of carbonyl (C=O) groups excluding carboxylic acids is 1. The van der Waals surface area contributed by atoms with E-state index in [2.05, 4.69) is 5.32 Å². The molecule has 1 aromatic rings. The van der Waals surface area contributed by atoms with Crippen LogP contribution >= 0.6 is 11.6 Å². The zero-order chi connectivity index (χ0) is 12.5. The van der Waals surface area contributed by atoms with Crippen LogP contribution in [0, 0.1) is 0 Å². The fourth-order valence-electron chi connectivity index (χ4n) is 1.48. The number of hydrogen-bond acceptors (Lipinski definition) is 3. The van der Waals surface area contributed by atoms with Crippen molar-refractivity contribution in [2.24, 2.45) is 0 Å². The van der Waals surface area contributed by atoms with Gasteiger partial charge >= 0.3 is 0 Å². The maximum Gasteiger partial charge on any atom is 0.221 e. The molecular weight excluding hydrogens is 230 g/mol. The molecule has 0 spiro atoms. The number of phenolic OH excluding ortho intramolecular Hbond substituents is 2. The molecule has 88 valence electrons. The molecule has 5 heteroatoms. The van der Waals surface area contributed by atoms with Gasteiger partial charge in [-0.1, -0.05) is 25.4 Å². The first-order valence-electron chi connectivity index (χ1n) is 4.86. The zero-order valence-electron chi connectivity index (χ0n) is 9.34. The molecule has 0 aliphatic rings. The topological polar surface area (TPSA) is 69.6 Å². The van der Waals surface area contributed by atoms with E-state index in [4.69, 9.17) is 11.6 Å². The molecule has 0 heterocycles. The minimum Gasteiger partial charge on any atom is -0.506 e. The van der Waals surface area contributed by atoms with Crippen molar-refractivity contribution in [3.63, 3.8) is 0 Å². The third-order valence-corrected chi connectivity index (χ3v) is 2.44. The van der Waals surface area contributed by atoms with Crippen molar-refractivity contribution in [2.45, 2.75) is 26.7 Å². The molecule has 0 aliphatic carbocycles. The molecule has 0 fully saturated rings. The van der Waals surface area contributed by atoms with Crippen LogP contribution in [-0.2, 0) is 4.79 Å². The van der Waals surface area contributed by atoms with E-state index in [1.165, 1.54) is 13.0 Å². The van der Waals surface area contributed by atoms with Crippen molar-refractivity contribution >= 4 is 23.2 Å². The number of halogens is 1. The summed E-state index contributed by atoms with van der Waals surface area (Å²) in [5.41, 5.74) is 0.537. The first kappa shape index (κ1) is 12.6. The Bertz CT molecular complexity index is 430. The molecular formula is C11H14ClNO3. The Morgan fingerprint density at radius 2 is 1.94 bits per heavy atom. The van der Waals surface area contributed by atoms with E-state index in [1.54, 1.807) is 0 Å². The molecule has 0 bridgehead atoms. The van der Waals surface area contributed by atoms with Gasteiger partial charge < -0.3 is 15.5 Å². The zero-order valence-corrected chi connectivity index (χ0v) is 10.1. The van der Waals surface area contributed by atoms with Crippen LogP contribution in [0.2, 0.25) is 5.02 Å². The molecule has 4 nitrogen and oxygen atoms in total. The minimum absolute atomic E-state index is 0.102. The van der Waals surface area contributed by atoms with Crippen molar-refractivity contribution in [3.8, 4) is 11.5 Å². The van der Waals surface area contributed by atoms with Crippen molar-refractivity contribution in [1.82, 2.24) is 0 Å².